The zero-order chi connectivity index (χ0) is 46.3. The van der Waals surface area contributed by atoms with E-state index in [9.17, 15) is 19.5 Å². The first-order chi connectivity index (χ1) is 30.6. The summed E-state index contributed by atoms with van der Waals surface area (Å²) < 4.78 is 17.3. The fraction of sp³-hybridized carbons (Fsp3) is 0.727. The van der Waals surface area contributed by atoms with Crippen molar-refractivity contribution in [2.24, 2.45) is 0 Å². The van der Waals surface area contributed by atoms with E-state index in [1.165, 1.54) is 96.3 Å². The molecule has 8 heteroatoms. The van der Waals surface area contributed by atoms with Gasteiger partial charge in [0.1, 0.15) is 6.61 Å². The summed E-state index contributed by atoms with van der Waals surface area (Å²) in [5.74, 6) is -1.51. The third-order valence-corrected chi connectivity index (χ3v) is 11.1. The molecule has 0 aliphatic rings. The number of esters is 2. The summed E-state index contributed by atoms with van der Waals surface area (Å²) in [7, 11) is 5.52. The highest BCUT2D eigenvalue weighted by Gasteiger charge is 2.31. The van der Waals surface area contributed by atoms with Crippen LogP contribution in [-0.4, -0.2) is 80.6 Å². The second-order valence-electron chi connectivity index (χ2n) is 18.1. The molecule has 1 N–H and O–H groups in total. The molecule has 0 aromatic rings. The smallest absolute Gasteiger partial charge is 0.362 e. The monoisotopic (exact) mass is 883 g/mol. The van der Waals surface area contributed by atoms with Crippen molar-refractivity contribution in [1.29, 1.82) is 0 Å². The van der Waals surface area contributed by atoms with Gasteiger partial charge in [0.05, 0.1) is 34.4 Å². The first-order valence-electron chi connectivity index (χ1n) is 25.5. The minimum atomic E-state index is -0.881. The summed E-state index contributed by atoms with van der Waals surface area (Å²) in [6.45, 7) is 4.59. The van der Waals surface area contributed by atoms with E-state index in [1.54, 1.807) is 0 Å². The van der Waals surface area contributed by atoms with Gasteiger partial charge in [-0.1, -0.05) is 183 Å². The molecular weight excluding hydrogens is 787 g/mol. The number of hydrogen-bond donors (Lipinski definition) is 1. The maximum Gasteiger partial charge on any atom is 0.362 e. The molecule has 63 heavy (non-hydrogen) atoms. The number of unbranched alkanes of at least 4 members (excludes halogenated alkanes) is 20. The number of rotatable bonds is 45. The molecule has 0 fully saturated rings. The zero-order valence-electron chi connectivity index (χ0n) is 41.3. The lowest BCUT2D eigenvalue weighted by Gasteiger charge is -2.31. The summed E-state index contributed by atoms with van der Waals surface area (Å²) in [6.07, 6.45) is 58.1. The number of ether oxygens (including phenoxy) is 3. The molecule has 0 bridgehead atoms. The summed E-state index contributed by atoms with van der Waals surface area (Å²) >= 11 is 0. The molecule has 0 rings (SSSR count). The van der Waals surface area contributed by atoms with Crippen molar-refractivity contribution in [3.05, 3.63) is 72.9 Å². The summed E-state index contributed by atoms with van der Waals surface area (Å²) in [5, 5.41) is 9.65. The Bertz CT molecular complexity index is 1260. The van der Waals surface area contributed by atoms with Crippen molar-refractivity contribution >= 4 is 17.9 Å². The van der Waals surface area contributed by atoms with Gasteiger partial charge < -0.3 is 23.8 Å². The molecule has 0 aliphatic carbocycles. The number of quaternary nitrogens is 1. The van der Waals surface area contributed by atoms with Crippen LogP contribution < -0.4 is 0 Å². The Kier molecular flexibility index (Phi) is 43.0. The van der Waals surface area contributed by atoms with Crippen LogP contribution in [0, 0.1) is 0 Å². The number of likely N-dealkylation sites (N-methyl/N-ethyl adjacent to an activating group) is 1. The van der Waals surface area contributed by atoms with Crippen LogP contribution in [0.4, 0.5) is 0 Å². The molecule has 0 saturated heterocycles. The molecule has 0 heterocycles. The predicted molar refractivity (Wildman–Crippen MR) is 266 cm³/mol. The number of carboxylic acid groups (broad SMARTS) is 1. The Morgan fingerprint density at radius 3 is 1.43 bits per heavy atom. The lowest BCUT2D eigenvalue weighted by molar-refractivity contribution is -0.887. The molecule has 362 valence electrons. The number of aliphatic carboxylic acids is 1. The topological polar surface area (TPSA) is 99.1 Å². The van der Waals surface area contributed by atoms with Gasteiger partial charge in [0, 0.05) is 19.3 Å². The second-order valence-corrected chi connectivity index (χ2v) is 18.1. The lowest BCUT2D eigenvalue weighted by atomic mass is 10.1. The standard InChI is InChI=1S/C55H95NO7/c1-6-8-10-12-14-16-18-20-22-24-25-26-27-28-29-30-32-33-35-37-39-41-43-45-53(57)62-50-51(49-61-48-47-52(55(59)60)56(3,4)5)63-54(58)46-44-42-40-38-36-34-31-23-21-19-17-15-13-11-9-7-2/h8,10,14,16,20,22-23,25-26,31,34,36,51-52H,6-7,9,11-13,15,17-19,21,24,27-30,32-33,35,37-50H2,1-5H3/p+1/b10-8+,16-14+,22-20+,26-25+,31-23+,36-34+. The van der Waals surface area contributed by atoms with Crippen molar-refractivity contribution in [2.75, 3.05) is 41.0 Å². The van der Waals surface area contributed by atoms with E-state index >= 15 is 0 Å². The van der Waals surface area contributed by atoms with Crippen molar-refractivity contribution in [3.8, 4) is 0 Å². The van der Waals surface area contributed by atoms with E-state index in [-0.39, 0.29) is 36.2 Å². The number of hydrogen-bond acceptors (Lipinski definition) is 6. The molecule has 0 amide bonds. The van der Waals surface area contributed by atoms with Crippen LogP contribution in [0.1, 0.15) is 206 Å². The van der Waals surface area contributed by atoms with Crippen LogP contribution >= 0.6 is 0 Å². The largest absolute Gasteiger partial charge is 0.477 e. The van der Waals surface area contributed by atoms with Gasteiger partial charge in [0.25, 0.3) is 0 Å². The normalized spacial score (nSPS) is 13.5. The average molecular weight is 883 g/mol. The van der Waals surface area contributed by atoms with E-state index < -0.39 is 18.1 Å². The van der Waals surface area contributed by atoms with Gasteiger partial charge in [-0.05, 0) is 77.0 Å². The van der Waals surface area contributed by atoms with E-state index in [4.69, 9.17) is 14.2 Å². The Morgan fingerprint density at radius 2 is 0.937 bits per heavy atom. The number of carbonyl (C=O) groups is 3. The Labute approximate surface area is 387 Å². The molecule has 0 spiro atoms. The first-order valence-corrected chi connectivity index (χ1v) is 25.5. The Morgan fingerprint density at radius 1 is 0.508 bits per heavy atom. The number of carboxylic acids is 1. The zero-order valence-corrected chi connectivity index (χ0v) is 41.3. The van der Waals surface area contributed by atoms with E-state index in [1.807, 2.05) is 21.1 Å². The van der Waals surface area contributed by atoms with E-state index in [0.717, 1.165) is 77.0 Å². The number of allylic oxidation sites excluding steroid dienone is 12. The van der Waals surface area contributed by atoms with Crippen molar-refractivity contribution in [3.63, 3.8) is 0 Å². The van der Waals surface area contributed by atoms with Crippen molar-refractivity contribution in [1.82, 2.24) is 0 Å². The summed E-state index contributed by atoms with van der Waals surface area (Å²) in [6, 6.07) is -0.623. The Balaban J connectivity index is 4.27. The van der Waals surface area contributed by atoms with Crippen LogP contribution in [-0.2, 0) is 28.6 Å². The highest BCUT2D eigenvalue weighted by atomic mass is 16.6. The van der Waals surface area contributed by atoms with Crippen molar-refractivity contribution in [2.45, 2.75) is 219 Å². The molecule has 2 atom stereocenters. The fourth-order valence-electron chi connectivity index (χ4n) is 7.19. The quantitative estimate of drug-likeness (QED) is 0.0214. The molecular formula is C55H96NO7+. The van der Waals surface area contributed by atoms with Gasteiger partial charge in [-0.15, -0.1) is 0 Å². The van der Waals surface area contributed by atoms with E-state index in [2.05, 4.69) is 86.8 Å². The molecule has 2 unspecified atom stereocenters. The highest BCUT2D eigenvalue weighted by Crippen LogP contribution is 2.14. The van der Waals surface area contributed by atoms with Crippen LogP contribution in [0.3, 0.4) is 0 Å². The molecule has 8 nitrogen and oxygen atoms in total. The second kappa shape index (κ2) is 45.3. The minimum Gasteiger partial charge on any atom is -0.477 e. The maximum absolute atomic E-state index is 12.8. The van der Waals surface area contributed by atoms with E-state index in [0.29, 0.717) is 19.3 Å². The highest BCUT2D eigenvalue weighted by molar-refractivity contribution is 5.72. The maximum atomic E-state index is 12.8. The van der Waals surface area contributed by atoms with Crippen molar-refractivity contribution < 1.29 is 38.2 Å². The summed E-state index contributed by atoms with van der Waals surface area (Å²) in [4.78, 5) is 37.1. The van der Waals surface area contributed by atoms with Crippen LogP contribution in [0.5, 0.6) is 0 Å². The first kappa shape index (κ1) is 59.8. The lowest BCUT2D eigenvalue weighted by Crippen LogP contribution is -2.50. The molecule has 0 saturated carbocycles. The number of nitrogens with zero attached hydrogens (tertiary/aromatic N) is 1. The van der Waals surface area contributed by atoms with Crippen LogP contribution in [0.2, 0.25) is 0 Å². The third-order valence-electron chi connectivity index (χ3n) is 11.1. The SMILES string of the molecule is CC/C=C/C/C=C/C/C=C/C/C=C/CCCCCCCCCCCCC(=O)OCC(COCCC(C(=O)O)[N+](C)(C)C)OC(=O)CCCCC/C=C/C=C/CCCCCCCCC. The minimum absolute atomic E-state index is 0.0467. The fourth-order valence-corrected chi connectivity index (χ4v) is 7.19. The molecule has 0 aromatic heterocycles. The van der Waals surface area contributed by atoms with Gasteiger partial charge in [-0.2, -0.15) is 0 Å². The number of carbonyl (C=O) groups excluding carboxylic acids is 2. The predicted octanol–water partition coefficient (Wildman–Crippen LogP) is 14.7. The van der Waals surface area contributed by atoms with Crippen LogP contribution in [0.25, 0.3) is 0 Å². The summed E-state index contributed by atoms with van der Waals surface area (Å²) in [5.41, 5.74) is 0. The van der Waals surface area contributed by atoms with Gasteiger partial charge in [0.15, 0.2) is 12.1 Å². The molecule has 0 aromatic carbocycles. The Hall–Kier alpha value is -3.23. The van der Waals surface area contributed by atoms with Gasteiger partial charge >= 0.3 is 17.9 Å². The molecule has 0 aliphatic heterocycles. The van der Waals surface area contributed by atoms with Gasteiger partial charge in [-0.25, -0.2) is 4.79 Å². The third kappa shape index (κ3) is 43.8. The van der Waals surface area contributed by atoms with Gasteiger partial charge in [0.2, 0.25) is 0 Å². The molecule has 0 radical (unpaired) electrons. The van der Waals surface area contributed by atoms with Crippen LogP contribution in [0.15, 0.2) is 72.9 Å². The average Bonchev–Trinajstić information content (AvgIpc) is 3.24. The van der Waals surface area contributed by atoms with Gasteiger partial charge in [-0.3, -0.25) is 9.59 Å².